The molecule has 1 saturated heterocycles. The number of ether oxygens (including phenoxy) is 1. The van der Waals surface area contributed by atoms with E-state index in [-0.39, 0.29) is 6.03 Å². The van der Waals surface area contributed by atoms with E-state index in [4.69, 9.17) is 16.3 Å². The van der Waals surface area contributed by atoms with Crippen LogP contribution in [0, 0.1) is 0 Å². The second kappa shape index (κ2) is 8.12. The summed E-state index contributed by atoms with van der Waals surface area (Å²) in [5, 5.41) is 3.42. The zero-order valence-corrected chi connectivity index (χ0v) is 15.0. The monoisotopic (exact) mass is 359 g/mol. The van der Waals surface area contributed by atoms with E-state index in [9.17, 15) is 4.79 Å². The molecule has 0 bridgehead atoms. The standard InChI is InChI=1S/C19H22ClN3O2/c1-2-25-18-10-6-5-9-17(18)22-11-13-23(14-12-22)19(24)21-16-8-4-3-7-15(16)20/h3-10H,2,11-14H2,1H3,(H,21,24). The number of amides is 2. The minimum Gasteiger partial charge on any atom is -0.492 e. The molecule has 0 unspecified atom stereocenters. The van der Waals surface area contributed by atoms with Gasteiger partial charge in [-0.3, -0.25) is 0 Å². The Morgan fingerprint density at radius 3 is 2.48 bits per heavy atom. The van der Waals surface area contributed by atoms with E-state index in [1.807, 2.05) is 42.2 Å². The van der Waals surface area contributed by atoms with Crippen LogP contribution in [0.15, 0.2) is 48.5 Å². The molecule has 6 heteroatoms. The summed E-state index contributed by atoms with van der Waals surface area (Å²) in [5.74, 6) is 0.888. The van der Waals surface area contributed by atoms with E-state index >= 15 is 0 Å². The van der Waals surface area contributed by atoms with Crippen molar-refractivity contribution in [3.8, 4) is 5.75 Å². The summed E-state index contributed by atoms with van der Waals surface area (Å²) in [4.78, 5) is 16.5. The molecule has 25 heavy (non-hydrogen) atoms. The van der Waals surface area contributed by atoms with Crippen LogP contribution in [0.3, 0.4) is 0 Å². The molecule has 1 fully saturated rings. The van der Waals surface area contributed by atoms with Crippen LogP contribution in [0.25, 0.3) is 0 Å². The van der Waals surface area contributed by atoms with Crippen LogP contribution in [-0.2, 0) is 0 Å². The predicted molar refractivity (Wildman–Crippen MR) is 102 cm³/mol. The quantitative estimate of drug-likeness (QED) is 0.894. The Morgan fingerprint density at radius 2 is 1.76 bits per heavy atom. The summed E-state index contributed by atoms with van der Waals surface area (Å²) in [5.41, 5.74) is 1.72. The Morgan fingerprint density at radius 1 is 1.08 bits per heavy atom. The average molecular weight is 360 g/mol. The third-order valence-electron chi connectivity index (χ3n) is 4.19. The fourth-order valence-corrected chi connectivity index (χ4v) is 3.09. The Balaban J connectivity index is 1.60. The van der Waals surface area contributed by atoms with Gasteiger partial charge in [-0.2, -0.15) is 0 Å². The maximum Gasteiger partial charge on any atom is 0.322 e. The van der Waals surface area contributed by atoms with Crippen LogP contribution in [0.1, 0.15) is 6.92 Å². The number of hydrogen-bond donors (Lipinski definition) is 1. The molecular weight excluding hydrogens is 338 g/mol. The number of para-hydroxylation sites is 3. The molecule has 5 nitrogen and oxygen atoms in total. The third kappa shape index (κ3) is 4.17. The van der Waals surface area contributed by atoms with Gasteiger partial charge in [-0.25, -0.2) is 4.79 Å². The maximum atomic E-state index is 12.4. The molecule has 0 atom stereocenters. The fraction of sp³-hybridized carbons (Fsp3) is 0.316. The first-order chi connectivity index (χ1) is 12.2. The summed E-state index contributed by atoms with van der Waals surface area (Å²) in [6.45, 7) is 5.44. The molecule has 0 aromatic heterocycles. The highest BCUT2D eigenvalue weighted by molar-refractivity contribution is 6.33. The van der Waals surface area contributed by atoms with Crippen molar-refractivity contribution in [2.24, 2.45) is 0 Å². The van der Waals surface area contributed by atoms with Crippen molar-refractivity contribution in [3.63, 3.8) is 0 Å². The average Bonchev–Trinajstić information content (AvgIpc) is 2.64. The van der Waals surface area contributed by atoms with Crippen LogP contribution in [0.4, 0.5) is 16.2 Å². The molecule has 2 amide bonds. The van der Waals surface area contributed by atoms with Crippen molar-refractivity contribution in [3.05, 3.63) is 53.6 Å². The number of carbonyl (C=O) groups excluding carboxylic acids is 1. The van der Waals surface area contributed by atoms with E-state index in [2.05, 4.69) is 16.3 Å². The molecule has 1 aliphatic rings. The van der Waals surface area contributed by atoms with Gasteiger partial charge in [-0.15, -0.1) is 0 Å². The Kier molecular flexibility index (Phi) is 5.66. The number of rotatable bonds is 4. The molecule has 2 aromatic carbocycles. The topological polar surface area (TPSA) is 44.8 Å². The lowest BCUT2D eigenvalue weighted by Gasteiger charge is -2.36. The van der Waals surface area contributed by atoms with E-state index < -0.39 is 0 Å². The number of urea groups is 1. The normalized spacial score (nSPS) is 14.3. The number of nitrogens with zero attached hydrogens (tertiary/aromatic N) is 2. The van der Waals surface area contributed by atoms with E-state index in [1.165, 1.54) is 0 Å². The molecule has 1 aliphatic heterocycles. The molecule has 132 valence electrons. The van der Waals surface area contributed by atoms with Gasteiger partial charge in [0.2, 0.25) is 0 Å². The Hall–Kier alpha value is -2.40. The lowest BCUT2D eigenvalue weighted by Crippen LogP contribution is -2.50. The molecule has 0 saturated carbocycles. The molecule has 1 N–H and O–H groups in total. The van der Waals surface area contributed by atoms with Crippen LogP contribution < -0.4 is 15.0 Å². The van der Waals surface area contributed by atoms with E-state index in [0.717, 1.165) is 24.5 Å². The van der Waals surface area contributed by atoms with Crippen LogP contribution in [0.2, 0.25) is 5.02 Å². The Bertz CT molecular complexity index is 730. The van der Waals surface area contributed by atoms with Gasteiger partial charge < -0.3 is 19.9 Å². The van der Waals surface area contributed by atoms with Gasteiger partial charge in [0.05, 0.1) is 23.0 Å². The van der Waals surface area contributed by atoms with Gasteiger partial charge in [0.1, 0.15) is 5.75 Å². The predicted octanol–water partition coefficient (Wildman–Crippen LogP) is 4.09. The van der Waals surface area contributed by atoms with Gasteiger partial charge in [0.25, 0.3) is 0 Å². The second-order valence-corrected chi connectivity index (χ2v) is 6.19. The molecule has 1 heterocycles. The smallest absolute Gasteiger partial charge is 0.322 e. The number of piperazine rings is 1. The maximum absolute atomic E-state index is 12.4. The molecule has 0 radical (unpaired) electrons. The molecule has 2 aromatic rings. The number of anilines is 2. The van der Waals surface area contributed by atoms with Gasteiger partial charge in [0.15, 0.2) is 0 Å². The van der Waals surface area contributed by atoms with Crippen molar-refractivity contribution in [2.45, 2.75) is 6.92 Å². The van der Waals surface area contributed by atoms with Crippen molar-refractivity contribution in [1.82, 2.24) is 4.90 Å². The van der Waals surface area contributed by atoms with Crippen molar-refractivity contribution >= 4 is 29.0 Å². The number of hydrogen-bond acceptors (Lipinski definition) is 3. The summed E-state index contributed by atoms with van der Waals surface area (Å²) < 4.78 is 5.71. The van der Waals surface area contributed by atoms with Crippen LogP contribution in [0.5, 0.6) is 5.75 Å². The lowest BCUT2D eigenvalue weighted by atomic mass is 10.2. The van der Waals surface area contributed by atoms with Gasteiger partial charge in [-0.05, 0) is 31.2 Å². The first-order valence-electron chi connectivity index (χ1n) is 8.46. The first kappa shape index (κ1) is 17.4. The number of carbonyl (C=O) groups is 1. The van der Waals surface area contributed by atoms with Crippen molar-refractivity contribution in [2.75, 3.05) is 43.0 Å². The zero-order valence-electron chi connectivity index (χ0n) is 14.2. The van der Waals surface area contributed by atoms with Gasteiger partial charge in [-0.1, -0.05) is 35.9 Å². The molecular formula is C19H22ClN3O2. The highest BCUT2D eigenvalue weighted by Gasteiger charge is 2.23. The second-order valence-electron chi connectivity index (χ2n) is 5.78. The van der Waals surface area contributed by atoms with Crippen LogP contribution in [-0.4, -0.2) is 43.7 Å². The van der Waals surface area contributed by atoms with Crippen molar-refractivity contribution < 1.29 is 9.53 Å². The number of halogens is 1. The lowest BCUT2D eigenvalue weighted by molar-refractivity contribution is 0.208. The van der Waals surface area contributed by atoms with Crippen molar-refractivity contribution in [1.29, 1.82) is 0 Å². The van der Waals surface area contributed by atoms with Crippen LogP contribution >= 0.6 is 11.6 Å². The largest absolute Gasteiger partial charge is 0.492 e. The summed E-state index contributed by atoms with van der Waals surface area (Å²) in [7, 11) is 0. The Labute approximate surface area is 153 Å². The molecule has 0 spiro atoms. The summed E-state index contributed by atoms with van der Waals surface area (Å²) >= 11 is 6.10. The molecule has 0 aliphatic carbocycles. The highest BCUT2D eigenvalue weighted by Crippen LogP contribution is 2.29. The van der Waals surface area contributed by atoms with E-state index in [1.54, 1.807) is 12.1 Å². The van der Waals surface area contributed by atoms with Gasteiger partial charge >= 0.3 is 6.03 Å². The zero-order chi connectivity index (χ0) is 17.6. The summed E-state index contributed by atoms with van der Waals surface area (Å²) in [6, 6.07) is 15.2. The third-order valence-corrected chi connectivity index (χ3v) is 4.52. The SMILES string of the molecule is CCOc1ccccc1N1CCN(C(=O)Nc2ccccc2Cl)CC1. The fourth-order valence-electron chi connectivity index (χ4n) is 2.90. The highest BCUT2D eigenvalue weighted by atomic mass is 35.5. The minimum atomic E-state index is -0.120. The summed E-state index contributed by atoms with van der Waals surface area (Å²) in [6.07, 6.45) is 0. The minimum absolute atomic E-state index is 0.120. The van der Waals surface area contributed by atoms with Gasteiger partial charge in [0, 0.05) is 26.2 Å². The number of nitrogens with one attached hydrogen (secondary N) is 1. The van der Waals surface area contributed by atoms with E-state index in [0.29, 0.717) is 30.4 Å². The first-order valence-corrected chi connectivity index (χ1v) is 8.84. The molecule has 3 rings (SSSR count). The number of benzene rings is 2.